The average Bonchev–Trinajstić information content (AvgIpc) is 2.41. The molecule has 0 aliphatic carbocycles. The molecule has 0 atom stereocenters. The average molecular weight is 398 g/mol. The van der Waals surface area contributed by atoms with Gasteiger partial charge >= 0.3 is 5.97 Å². The number of esters is 1. The number of ether oxygens (including phenoxy) is 2. The first kappa shape index (κ1) is 16.7. The Morgan fingerprint density at radius 3 is 2.57 bits per heavy atom. The summed E-state index contributed by atoms with van der Waals surface area (Å²) in [5.41, 5.74) is 0.761. The van der Waals surface area contributed by atoms with E-state index in [0.717, 1.165) is 0 Å². The zero-order valence-electron chi connectivity index (χ0n) is 11.3. The number of benzene rings is 1. The van der Waals surface area contributed by atoms with Crippen LogP contribution < -0.4 is 0 Å². The van der Waals surface area contributed by atoms with E-state index in [1.54, 1.807) is 13.0 Å². The van der Waals surface area contributed by atoms with E-state index in [9.17, 15) is 13.2 Å². The number of carbonyl (C=O) groups is 1. The molecule has 0 bridgehead atoms. The zero-order chi connectivity index (χ0) is 15.6. The normalized spacial score (nSPS) is 16.7. The van der Waals surface area contributed by atoms with Gasteiger partial charge in [-0.25, -0.2) is 13.2 Å². The second-order valence-corrected chi connectivity index (χ2v) is 8.09. The van der Waals surface area contributed by atoms with Crippen molar-refractivity contribution in [3.05, 3.63) is 27.7 Å². The van der Waals surface area contributed by atoms with Gasteiger partial charge in [0.2, 0.25) is 0 Å². The van der Waals surface area contributed by atoms with Crippen LogP contribution in [-0.2, 0) is 18.5 Å². The Bertz CT molecular complexity index is 653. The van der Waals surface area contributed by atoms with Crippen LogP contribution in [0.3, 0.4) is 0 Å². The van der Waals surface area contributed by atoms with Crippen molar-refractivity contribution in [2.75, 3.05) is 13.2 Å². The highest BCUT2D eigenvalue weighted by Gasteiger charge is 2.23. The van der Waals surface area contributed by atoms with E-state index in [4.69, 9.17) is 20.2 Å². The summed E-state index contributed by atoms with van der Waals surface area (Å²) in [6.45, 7) is 2.79. The largest absolute Gasteiger partial charge is 0.459 e. The summed E-state index contributed by atoms with van der Waals surface area (Å²) < 4.78 is 34.0. The highest BCUT2D eigenvalue weighted by atomic mass is 79.9. The lowest BCUT2D eigenvalue weighted by molar-refractivity contribution is -0.0159. The summed E-state index contributed by atoms with van der Waals surface area (Å²) in [5, 5.41) is 0. The van der Waals surface area contributed by atoms with Crippen LogP contribution in [0.15, 0.2) is 21.5 Å². The molecule has 1 heterocycles. The van der Waals surface area contributed by atoms with Crippen LogP contribution in [0.4, 0.5) is 0 Å². The molecule has 1 saturated heterocycles. The van der Waals surface area contributed by atoms with Crippen LogP contribution in [0.2, 0.25) is 0 Å². The first-order chi connectivity index (χ1) is 9.79. The second-order valence-electron chi connectivity index (χ2n) is 4.76. The van der Waals surface area contributed by atoms with Gasteiger partial charge in [-0.3, -0.25) is 0 Å². The van der Waals surface area contributed by atoms with Crippen LogP contribution in [0.5, 0.6) is 0 Å². The van der Waals surface area contributed by atoms with Gasteiger partial charge in [-0.15, -0.1) is 0 Å². The third-order valence-electron chi connectivity index (χ3n) is 3.16. The lowest BCUT2D eigenvalue weighted by Crippen LogP contribution is -2.26. The third kappa shape index (κ3) is 4.18. The van der Waals surface area contributed by atoms with E-state index in [0.29, 0.717) is 36.1 Å². The van der Waals surface area contributed by atoms with Gasteiger partial charge < -0.3 is 9.47 Å². The van der Waals surface area contributed by atoms with Crippen LogP contribution >= 0.6 is 26.6 Å². The number of hydrogen-bond acceptors (Lipinski definition) is 5. The Balaban J connectivity index is 2.27. The molecule has 0 amide bonds. The van der Waals surface area contributed by atoms with Crippen LogP contribution in [0, 0.1) is 6.92 Å². The van der Waals surface area contributed by atoms with Gasteiger partial charge in [-0.05, 0) is 40.5 Å². The quantitative estimate of drug-likeness (QED) is 0.579. The van der Waals surface area contributed by atoms with Crippen LogP contribution in [0.25, 0.3) is 0 Å². The van der Waals surface area contributed by atoms with E-state index in [1.807, 2.05) is 0 Å². The fourth-order valence-electron chi connectivity index (χ4n) is 2.05. The highest BCUT2D eigenvalue weighted by molar-refractivity contribution is 9.10. The van der Waals surface area contributed by atoms with E-state index in [-0.39, 0.29) is 16.6 Å². The SMILES string of the molecule is Cc1cc(C(=O)OC2CCOCC2)cc(S(=O)(=O)Cl)c1Br. The fourth-order valence-corrected chi connectivity index (χ4v) is 4.20. The Morgan fingerprint density at radius 1 is 1.38 bits per heavy atom. The number of hydrogen-bond donors (Lipinski definition) is 0. The van der Waals surface area contributed by atoms with Gasteiger partial charge in [0.15, 0.2) is 0 Å². The first-order valence-electron chi connectivity index (χ1n) is 6.32. The fraction of sp³-hybridized carbons (Fsp3) is 0.462. The van der Waals surface area contributed by atoms with Gasteiger partial charge in [0.1, 0.15) is 6.10 Å². The standard InChI is InChI=1S/C13H14BrClO5S/c1-8-6-9(7-11(12(8)14)21(15,17)18)13(16)20-10-2-4-19-5-3-10/h6-7,10H,2-5H2,1H3. The molecule has 1 aromatic rings. The number of halogens is 2. The third-order valence-corrected chi connectivity index (χ3v) is 5.82. The van der Waals surface area contributed by atoms with Gasteiger partial charge in [0, 0.05) is 28.0 Å². The van der Waals surface area contributed by atoms with Crippen LogP contribution in [0.1, 0.15) is 28.8 Å². The molecule has 1 aliphatic heterocycles. The van der Waals surface area contributed by atoms with Crippen molar-refractivity contribution in [1.82, 2.24) is 0 Å². The highest BCUT2D eigenvalue weighted by Crippen LogP contribution is 2.30. The minimum atomic E-state index is -3.95. The van der Waals surface area contributed by atoms with Crippen molar-refractivity contribution in [3.63, 3.8) is 0 Å². The molecule has 21 heavy (non-hydrogen) atoms. The molecule has 0 unspecified atom stereocenters. The number of rotatable bonds is 3. The van der Waals surface area contributed by atoms with Crippen molar-refractivity contribution >= 4 is 41.6 Å². The predicted molar refractivity (Wildman–Crippen MR) is 81.2 cm³/mol. The van der Waals surface area contributed by atoms with E-state index in [1.165, 1.54) is 6.07 Å². The molecule has 0 saturated carbocycles. The molecule has 5 nitrogen and oxygen atoms in total. The molecule has 1 fully saturated rings. The Hall–Kier alpha value is -0.630. The van der Waals surface area contributed by atoms with Crippen molar-refractivity contribution in [2.24, 2.45) is 0 Å². The summed E-state index contributed by atoms with van der Waals surface area (Å²) in [5.74, 6) is -0.556. The number of carbonyl (C=O) groups excluding carboxylic acids is 1. The minimum absolute atomic E-state index is 0.136. The molecule has 1 aromatic carbocycles. The first-order valence-corrected chi connectivity index (χ1v) is 9.43. The molecular formula is C13H14BrClO5S. The van der Waals surface area contributed by atoms with Crippen molar-refractivity contribution in [3.8, 4) is 0 Å². The molecule has 0 radical (unpaired) electrons. The summed E-state index contributed by atoms with van der Waals surface area (Å²) in [7, 11) is 1.43. The monoisotopic (exact) mass is 396 g/mol. The Kier molecular flexibility index (Phi) is 5.29. The van der Waals surface area contributed by atoms with E-state index >= 15 is 0 Å². The Labute approximate surface area is 136 Å². The molecule has 0 spiro atoms. The molecular weight excluding hydrogens is 384 g/mol. The topological polar surface area (TPSA) is 69.7 Å². The molecule has 0 N–H and O–H groups in total. The van der Waals surface area contributed by atoms with Gasteiger partial charge in [0.05, 0.1) is 23.7 Å². The maximum Gasteiger partial charge on any atom is 0.338 e. The summed E-state index contributed by atoms with van der Waals surface area (Å²) in [6, 6.07) is 2.79. The van der Waals surface area contributed by atoms with E-state index in [2.05, 4.69) is 15.9 Å². The lowest BCUT2D eigenvalue weighted by atomic mass is 10.1. The van der Waals surface area contributed by atoms with Gasteiger partial charge in [-0.1, -0.05) is 0 Å². The molecule has 116 valence electrons. The van der Waals surface area contributed by atoms with Gasteiger partial charge in [-0.2, -0.15) is 0 Å². The summed E-state index contributed by atoms with van der Waals surface area (Å²) in [4.78, 5) is 12.0. The maximum atomic E-state index is 12.1. The number of aryl methyl sites for hydroxylation is 1. The lowest BCUT2D eigenvalue weighted by Gasteiger charge is -2.22. The van der Waals surface area contributed by atoms with Crippen LogP contribution in [-0.4, -0.2) is 33.7 Å². The van der Waals surface area contributed by atoms with Crippen molar-refractivity contribution in [1.29, 1.82) is 0 Å². The molecule has 0 aromatic heterocycles. The maximum absolute atomic E-state index is 12.1. The minimum Gasteiger partial charge on any atom is -0.459 e. The predicted octanol–water partition coefficient (Wildman–Crippen LogP) is 3.02. The summed E-state index contributed by atoms with van der Waals surface area (Å²) >= 11 is 3.17. The second kappa shape index (κ2) is 6.64. The summed E-state index contributed by atoms with van der Waals surface area (Å²) in [6.07, 6.45) is 1.08. The van der Waals surface area contributed by atoms with E-state index < -0.39 is 15.0 Å². The molecule has 2 rings (SSSR count). The zero-order valence-corrected chi connectivity index (χ0v) is 14.4. The molecule has 8 heteroatoms. The molecule has 1 aliphatic rings. The van der Waals surface area contributed by atoms with Gasteiger partial charge in [0.25, 0.3) is 9.05 Å². The Morgan fingerprint density at radius 2 is 2.00 bits per heavy atom. The smallest absolute Gasteiger partial charge is 0.338 e. The van der Waals surface area contributed by atoms with Crippen molar-refractivity contribution < 1.29 is 22.7 Å². The van der Waals surface area contributed by atoms with Crippen molar-refractivity contribution in [2.45, 2.75) is 30.8 Å².